The van der Waals surface area contributed by atoms with Crippen LogP contribution in [0.1, 0.15) is 34.6 Å². The molecule has 1 aromatic carbocycles. The summed E-state index contributed by atoms with van der Waals surface area (Å²) in [7, 11) is 1.31. The molecule has 7 heteroatoms. The number of anilines is 1. The van der Waals surface area contributed by atoms with Gasteiger partial charge in [0.15, 0.2) is 0 Å². The van der Waals surface area contributed by atoms with Gasteiger partial charge in [-0.2, -0.15) is 0 Å². The van der Waals surface area contributed by atoms with Crippen molar-refractivity contribution in [1.82, 2.24) is 0 Å². The highest BCUT2D eigenvalue weighted by molar-refractivity contribution is 7.12. The number of carbonyl (C=O) groups is 2. The van der Waals surface area contributed by atoms with Crippen LogP contribution >= 0.6 is 11.3 Å². The molecule has 0 aliphatic heterocycles. The zero-order valence-electron chi connectivity index (χ0n) is 16.1. The normalized spacial score (nSPS) is 11.5. The maximum Gasteiger partial charge on any atom is 0.350 e. The lowest BCUT2D eigenvalue weighted by Crippen LogP contribution is -2.11. The SMILES string of the molecule is CCOc1cc2occ(C)c2cc1/C(C)=C/C(=O)Nc1ccsc1C(=O)OC. The van der Waals surface area contributed by atoms with Crippen LogP contribution in [0.3, 0.4) is 0 Å². The molecule has 0 spiro atoms. The minimum absolute atomic E-state index is 0.340. The van der Waals surface area contributed by atoms with E-state index in [4.69, 9.17) is 13.9 Å². The molecule has 0 radical (unpaired) electrons. The smallest absolute Gasteiger partial charge is 0.350 e. The van der Waals surface area contributed by atoms with E-state index in [1.807, 2.05) is 32.9 Å². The molecule has 0 saturated carbocycles. The quantitative estimate of drug-likeness (QED) is 0.465. The fourth-order valence-electron chi connectivity index (χ4n) is 2.87. The number of rotatable bonds is 6. The highest BCUT2D eigenvalue weighted by atomic mass is 32.1. The summed E-state index contributed by atoms with van der Waals surface area (Å²) in [6.45, 7) is 6.20. The Morgan fingerprint density at radius 3 is 2.82 bits per heavy atom. The van der Waals surface area contributed by atoms with E-state index in [-0.39, 0.29) is 5.91 Å². The summed E-state index contributed by atoms with van der Waals surface area (Å²) >= 11 is 1.21. The van der Waals surface area contributed by atoms with E-state index in [1.165, 1.54) is 24.5 Å². The Hall–Kier alpha value is -3.06. The van der Waals surface area contributed by atoms with Crippen molar-refractivity contribution in [3.05, 3.63) is 51.9 Å². The molecule has 3 rings (SSSR count). The van der Waals surface area contributed by atoms with E-state index in [2.05, 4.69) is 5.32 Å². The van der Waals surface area contributed by atoms with Gasteiger partial charge in [0.25, 0.3) is 0 Å². The average Bonchev–Trinajstić information content (AvgIpc) is 3.27. The third kappa shape index (κ3) is 3.94. The van der Waals surface area contributed by atoms with Gasteiger partial charge in [0.05, 0.1) is 25.7 Å². The minimum atomic E-state index is -0.481. The molecule has 0 fully saturated rings. The molecular weight excluding hydrogens is 378 g/mol. The van der Waals surface area contributed by atoms with Crippen molar-refractivity contribution in [3.8, 4) is 5.75 Å². The number of fused-ring (bicyclic) bond motifs is 1. The number of esters is 1. The molecule has 0 bridgehead atoms. The standard InChI is InChI=1S/C21H21NO5S/c1-5-26-17-10-18-15(13(3)11-27-18)9-14(17)12(2)8-19(23)22-16-6-7-28-20(16)21(24)25-4/h6-11H,5H2,1-4H3,(H,22,23)/b12-8+. The van der Waals surface area contributed by atoms with Gasteiger partial charge in [-0.05, 0) is 49.4 Å². The van der Waals surface area contributed by atoms with Crippen molar-refractivity contribution in [2.24, 2.45) is 0 Å². The van der Waals surface area contributed by atoms with Crippen LogP contribution in [-0.2, 0) is 9.53 Å². The molecule has 1 amide bonds. The lowest BCUT2D eigenvalue weighted by atomic mass is 10.0. The maximum atomic E-state index is 12.5. The first-order chi connectivity index (χ1) is 13.4. The zero-order valence-corrected chi connectivity index (χ0v) is 16.9. The van der Waals surface area contributed by atoms with Crippen molar-refractivity contribution >= 4 is 45.4 Å². The van der Waals surface area contributed by atoms with Gasteiger partial charge in [-0.1, -0.05) is 0 Å². The fraction of sp³-hybridized carbons (Fsp3) is 0.238. The first kappa shape index (κ1) is 19.7. The lowest BCUT2D eigenvalue weighted by molar-refractivity contribution is -0.111. The van der Waals surface area contributed by atoms with Gasteiger partial charge in [-0.25, -0.2) is 4.79 Å². The summed E-state index contributed by atoms with van der Waals surface area (Å²) in [5.74, 6) is -0.172. The van der Waals surface area contributed by atoms with Crippen LogP contribution in [0.2, 0.25) is 0 Å². The van der Waals surface area contributed by atoms with Crippen molar-refractivity contribution < 1.29 is 23.5 Å². The number of furan rings is 1. The van der Waals surface area contributed by atoms with E-state index in [1.54, 1.807) is 17.7 Å². The zero-order chi connectivity index (χ0) is 20.3. The van der Waals surface area contributed by atoms with E-state index in [0.717, 1.165) is 27.7 Å². The highest BCUT2D eigenvalue weighted by Gasteiger charge is 2.16. The molecule has 0 atom stereocenters. The molecule has 0 aliphatic carbocycles. The number of ether oxygens (including phenoxy) is 2. The van der Waals surface area contributed by atoms with Crippen LogP contribution < -0.4 is 10.1 Å². The first-order valence-electron chi connectivity index (χ1n) is 8.74. The number of hydrogen-bond donors (Lipinski definition) is 1. The molecule has 1 N–H and O–H groups in total. The third-order valence-corrected chi connectivity index (χ3v) is 5.13. The number of aryl methyl sites for hydroxylation is 1. The Morgan fingerprint density at radius 1 is 1.32 bits per heavy atom. The van der Waals surface area contributed by atoms with Crippen molar-refractivity contribution in [1.29, 1.82) is 0 Å². The van der Waals surface area contributed by atoms with Gasteiger partial charge in [-0.15, -0.1) is 11.3 Å². The van der Waals surface area contributed by atoms with E-state index >= 15 is 0 Å². The molecule has 28 heavy (non-hydrogen) atoms. The number of carbonyl (C=O) groups excluding carboxylic acids is 2. The maximum absolute atomic E-state index is 12.5. The Kier molecular flexibility index (Phi) is 5.84. The van der Waals surface area contributed by atoms with Crippen LogP contribution in [0, 0.1) is 6.92 Å². The number of nitrogens with one attached hydrogen (secondary N) is 1. The molecule has 0 aliphatic rings. The first-order valence-corrected chi connectivity index (χ1v) is 9.62. The van der Waals surface area contributed by atoms with Crippen molar-refractivity contribution in [3.63, 3.8) is 0 Å². The Bertz CT molecular complexity index is 1060. The molecule has 0 saturated heterocycles. The number of thiophene rings is 1. The summed E-state index contributed by atoms with van der Waals surface area (Å²) < 4.78 is 16.0. The predicted octanol–water partition coefficient (Wildman–Crippen LogP) is 5.03. The molecule has 0 unspecified atom stereocenters. The largest absolute Gasteiger partial charge is 0.493 e. The van der Waals surface area contributed by atoms with Crippen molar-refractivity contribution in [2.45, 2.75) is 20.8 Å². The van der Waals surface area contributed by atoms with Gasteiger partial charge in [0.1, 0.15) is 16.2 Å². The van der Waals surface area contributed by atoms with E-state index in [0.29, 0.717) is 22.9 Å². The third-order valence-electron chi connectivity index (χ3n) is 4.24. The van der Waals surface area contributed by atoms with E-state index in [9.17, 15) is 9.59 Å². The van der Waals surface area contributed by atoms with Crippen LogP contribution in [0.5, 0.6) is 5.75 Å². The summed E-state index contributed by atoms with van der Waals surface area (Å²) in [6.07, 6.45) is 3.18. The Morgan fingerprint density at radius 2 is 2.11 bits per heavy atom. The summed E-state index contributed by atoms with van der Waals surface area (Å²) in [5.41, 5.74) is 3.73. The van der Waals surface area contributed by atoms with Crippen LogP contribution in [0.4, 0.5) is 5.69 Å². The number of amides is 1. The summed E-state index contributed by atoms with van der Waals surface area (Å²) in [5, 5.41) is 5.43. The second-order valence-corrected chi connectivity index (χ2v) is 7.08. The average molecular weight is 399 g/mol. The van der Waals surface area contributed by atoms with E-state index < -0.39 is 5.97 Å². The second-order valence-electron chi connectivity index (χ2n) is 6.17. The molecular formula is C21H21NO5S. The minimum Gasteiger partial charge on any atom is -0.493 e. The monoisotopic (exact) mass is 399 g/mol. The molecule has 146 valence electrons. The second kappa shape index (κ2) is 8.31. The number of allylic oxidation sites excluding steroid dienone is 1. The number of hydrogen-bond acceptors (Lipinski definition) is 6. The highest BCUT2D eigenvalue weighted by Crippen LogP contribution is 2.33. The number of methoxy groups -OCH3 is 1. The lowest BCUT2D eigenvalue weighted by Gasteiger charge is -2.11. The van der Waals surface area contributed by atoms with Crippen LogP contribution in [-0.4, -0.2) is 25.6 Å². The Balaban J connectivity index is 1.91. The predicted molar refractivity (Wildman–Crippen MR) is 110 cm³/mol. The summed E-state index contributed by atoms with van der Waals surface area (Å²) in [4.78, 5) is 24.6. The fourth-order valence-corrected chi connectivity index (χ4v) is 3.63. The molecule has 3 aromatic rings. The van der Waals surface area contributed by atoms with Gasteiger partial charge in [0.2, 0.25) is 5.91 Å². The van der Waals surface area contributed by atoms with Crippen LogP contribution in [0.15, 0.2) is 40.3 Å². The van der Waals surface area contributed by atoms with Gasteiger partial charge < -0.3 is 19.2 Å². The van der Waals surface area contributed by atoms with Crippen molar-refractivity contribution in [2.75, 3.05) is 19.0 Å². The number of benzene rings is 1. The Labute approximate surface area is 166 Å². The van der Waals surface area contributed by atoms with Gasteiger partial charge >= 0.3 is 5.97 Å². The molecule has 6 nitrogen and oxygen atoms in total. The van der Waals surface area contributed by atoms with Crippen LogP contribution in [0.25, 0.3) is 16.5 Å². The van der Waals surface area contributed by atoms with Gasteiger partial charge in [0, 0.05) is 23.1 Å². The topological polar surface area (TPSA) is 77.8 Å². The molecule has 2 heterocycles. The van der Waals surface area contributed by atoms with Gasteiger partial charge in [-0.3, -0.25) is 4.79 Å². The summed E-state index contributed by atoms with van der Waals surface area (Å²) in [6, 6.07) is 5.47. The molecule has 2 aromatic heterocycles.